The topological polar surface area (TPSA) is 12.0 Å². The predicted molar refractivity (Wildman–Crippen MR) is 53.3 cm³/mol. The van der Waals surface area contributed by atoms with Gasteiger partial charge in [-0.3, -0.25) is 0 Å². The summed E-state index contributed by atoms with van der Waals surface area (Å²) in [5.74, 6) is 0. The van der Waals surface area contributed by atoms with E-state index in [-0.39, 0.29) is 0 Å². The molecule has 0 aromatic carbocycles. The summed E-state index contributed by atoms with van der Waals surface area (Å²) in [6, 6.07) is 0. The van der Waals surface area contributed by atoms with E-state index in [1.807, 2.05) is 13.2 Å². The van der Waals surface area contributed by atoms with Crippen molar-refractivity contribution in [1.29, 1.82) is 0 Å². The average molecular weight is 175 g/mol. The van der Waals surface area contributed by atoms with Crippen LogP contribution >= 0.6 is 24.0 Å². The molecule has 0 saturated carbocycles. The van der Waals surface area contributed by atoms with Crippen LogP contribution in [0.3, 0.4) is 0 Å². The standard InChI is InChI=1S/C7H13NS2/c1-4-5-7(10-3)8-6(2)9/h5H,4H2,1-3H3,(H,8,9)/b7-5+. The highest BCUT2D eigenvalue weighted by molar-refractivity contribution is 8.02. The molecule has 0 bridgehead atoms. The Morgan fingerprint density at radius 1 is 1.70 bits per heavy atom. The van der Waals surface area contributed by atoms with Gasteiger partial charge >= 0.3 is 0 Å². The molecule has 1 nitrogen and oxygen atoms in total. The normalized spacial score (nSPS) is 11.3. The van der Waals surface area contributed by atoms with E-state index in [0.717, 1.165) is 16.4 Å². The van der Waals surface area contributed by atoms with E-state index in [9.17, 15) is 0 Å². The summed E-state index contributed by atoms with van der Waals surface area (Å²) in [5.41, 5.74) is 0. The first kappa shape index (κ1) is 9.98. The zero-order valence-electron chi connectivity index (χ0n) is 6.60. The van der Waals surface area contributed by atoms with E-state index in [1.165, 1.54) is 0 Å². The summed E-state index contributed by atoms with van der Waals surface area (Å²) in [6.07, 6.45) is 5.21. The van der Waals surface area contributed by atoms with Gasteiger partial charge in [0, 0.05) is 0 Å². The number of hydrogen-bond donors (Lipinski definition) is 1. The quantitative estimate of drug-likeness (QED) is 0.662. The number of nitrogens with one attached hydrogen (secondary N) is 1. The molecule has 58 valence electrons. The summed E-state index contributed by atoms with van der Waals surface area (Å²) < 4.78 is 0. The summed E-state index contributed by atoms with van der Waals surface area (Å²) in [4.78, 5) is 0.828. The first-order chi connectivity index (χ1) is 4.70. The smallest absolute Gasteiger partial charge is 0.0769 e. The van der Waals surface area contributed by atoms with Crippen molar-refractivity contribution in [2.75, 3.05) is 6.26 Å². The molecule has 0 rings (SSSR count). The van der Waals surface area contributed by atoms with Crippen LogP contribution in [-0.2, 0) is 0 Å². The molecule has 0 atom stereocenters. The summed E-state index contributed by atoms with van der Waals surface area (Å²) in [5, 5.41) is 4.23. The van der Waals surface area contributed by atoms with Crippen LogP contribution in [-0.4, -0.2) is 11.2 Å². The molecule has 0 aliphatic heterocycles. The Balaban J connectivity index is 3.83. The summed E-state index contributed by atoms with van der Waals surface area (Å²) in [7, 11) is 0. The van der Waals surface area contributed by atoms with E-state index in [4.69, 9.17) is 12.2 Å². The lowest BCUT2D eigenvalue weighted by Crippen LogP contribution is -2.14. The average Bonchev–Trinajstić information content (AvgIpc) is 1.86. The summed E-state index contributed by atoms with van der Waals surface area (Å²) in [6.45, 7) is 3.99. The van der Waals surface area contributed by atoms with Crippen LogP contribution in [0.5, 0.6) is 0 Å². The van der Waals surface area contributed by atoms with Crippen molar-refractivity contribution in [1.82, 2.24) is 5.32 Å². The third-order valence-corrected chi connectivity index (χ3v) is 1.72. The zero-order valence-corrected chi connectivity index (χ0v) is 8.23. The molecular formula is C7H13NS2. The molecule has 0 heterocycles. The lowest BCUT2D eigenvalue weighted by Gasteiger charge is -2.04. The van der Waals surface area contributed by atoms with E-state index >= 15 is 0 Å². The van der Waals surface area contributed by atoms with Gasteiger partial charge in [0.2, 0.25) is 0 Å². The summed E-state index contributed by atoms with van der Waals surface area (Å²) >= 11 is 6.57. The van der Waals surface area contributed by atoms with Crippen LogP contribution in [0, 0.1) is 0 Å². The molecule has 0 aromatic heterocycles. The number of thiocarbonyl (C=S) groups is 1. The van der Waals surface area contributed by atoms with Crippen molar-refractivity contribution in [3.05, 3.63) is 11.1 Å². The van der Waals surface area contributed by atoms with Gasteiger partial charge in [-0.25, -0.2) is 0 Å². The molecule has 0 aliphatic rings. The van der Waals surface area contributed by atoms with Crippen molar-refractivity contribution >= 4 is 29.0 Å². The fraction of sp³-hybridized carbons (Fsp3) is 0.571. The second-order valence-corrected chi connectivity index (χ2v) is 3.32. The highest BCUT2D eigenvalue weighted by atomic mass is 32.2. The maximum Gasteiger partial charge on any atom is 0.0769 e. The van der Waals surface area contributed by atoms with E-state index in [2.05, 4.69) is 18.3 Å². The van der Waals surface area contributed by atoms with Crippen LogP contribution in [0.1, 0.15) is 20.3 Å². The fourth-order valence-electron chi connectivity index (χ4n) is 0.544. The fourth-order valence-corrected chi connectivity index (χ4v) is 1.31. The van der Waals surface area contributed by atoms with Crippen LogP contribution in [0.4, 0.5) is 0 Å². The van der Waals surface area contributed by atoms with Crippen molar-refractivity contribution < 1.29 is 0 Å². The molecule has 0 radical (unpaired) electrons. The van der Waals surface area contributed by atoms with Gasteiger partial charge in [0.1, 0.15) is 0 Å². The molecule has 0 saturated heterocycles. The molecule has 10 heavy (non-hydrogen) atoms. The Morgan fingerprint density at radius 2 is 2.30 bits per heavy atom. The molecule has 0 unspecified atom stereocenters. The van der Waals surface area contributed by atoms with Gasteiger partial charge < -0.3 is 5.32 Å². The van der Waals surface area contributed by atoms with Gasteiger partial charge in [-0.2, -0.15) is 0 Å². The van der Waals surface area contributed by atoms with E-state index < -0.39 is 0 Å². The number of rotatable bonds is 3. The Bertz CT molecular complexity index is 141. The molecule has 0 fully saturated rings. The van der Waals surface area contributed by atoms with Crippen molar-refractivity contribution in [2.24, 2.45) is 0 Å². The van der Waals surface area contributed by atoms with Gasteiger partial charge in [-0.05, 0) is 19.6 Å². The van der Waals surface area contributed by atoms with Crippen molar-refractivity contribution in [2.45, 2.75) is 20.3 Å². The molecule has 3 heteroatoms. The molecule has 0 aliphatic carbocycles. The minimum absolute atomic E-state index is 0.828. The highest BCUT2D eigenvalue weighted by Gasteiger charge is 1.91. The number of thioether (sulfide) groups is 1. The molecule has 0 aromatic rings. The maximum atomic E-state index is 4.89. The minimum Gasteiger partial charge on any atom is -0.345 e. The van der Waals surface area contributed by atoms with Crippen molar-refractivity contribution in [3.63, 3.8) is 0 Å². The molecule has 0 spiro atoms. The largest absolute Gasteiger partial charge is 0.345 e. The first-order valence-corrected chi connectivity index (χ1v) is 4.85. The zero-order chi connectivity index (χ0) is 7.98. The van der Waals surface area contributed by atoms with Crippen LogP contribution in [0.25, 0.3) is 0 Å². The van der Waals surface area contributed by atoms with Crippen LogP contribution < -0.4 is 5.32 Å². The number of allylic oxidation sites excluding steroid dienone is 1. The monoisotopic (exact) mass is 175 g/mol. The number of hydrogen-bond acceptors (Lipinski definition) is 2. The van der Waals surface area contributed by atoms with Gasteiger partial charge in [0.25, 0.3) is 0 Å². The Labute approximate surface area is 72.3 Å². The lowest BCUT2D eigenvalue weighted by atomic mass is 10.5. The minimum atomic E-state index is 0.828. The Morgan fingerprint density at radius 3 is 2.60 bits per heavy atom. The lowest BCUT2D eigenvalue weighted by molar-refractivity contribution is 1.16. The van der Waals surface area contributed by atoms with E-state index in [1.54, 1.807) is 11.8 Å². The van der Waals surface area contributed by atoms with Crippen LogP contribution in [0.2, 0.25) is 0 Å². The molecule has 0 amide bonds. The molecular weight excluding hydrogens is 162 g/mol. The maximum absolute atomic E-state index is 4.89. The SMILES string of the molecule is CC/C=C(\NC(C)=S)SC. The van der Waals surface area contributed by atoms with Crippen molar-refractivity contribution in [3.8, 4) is 0 Å². The third-order valence-electron chi connectivity index (χ3n) is 0.909. The predicted octanol–water partition coefficient (Wildman–Crippen LogP) is 2.54. The third kappa shape index (κ3) is 4.82. The second-order valence-electron chi connectivity index (χ2n) is 1.86. The van der Waals surface area contributed by atoms with Gasteiger partial charge in [-0.1, -0.05) is 25.2 Å². The van der Waals surface area contributed by atoms with Gasteiger partial charge in [0.05, 0.1) is 10.0 Å². The highest BCUT2D eigenvalue weighted by Crippen LogP contribution is 2.07. The van der Waals surface area contributed by atoms with Gasteiger partial charge in [0.15, 0.2) is 0 Å². The van der Waals surface area contributed by atoms with Crippen LogP contribution in [0.15, 0.2) is 11.1 Å². The molecule has 1 N–H and O–H groups in total. The second kappa shape index (κ2) is 5.74. The Hall–Kier alpha value is -0.0200. The Kier molecular flexibility index (Phi) is 5.73. The first-order valence-electron chi connectivity index (χ1n) is 3.22. The van der Waals surface area contributed by atoms with Gasteiger partial charge in [-0.15, -0.1) is 11.8 Å². The van der Waals surface area contributed by atoms with E-state index in [0.29, 0.717) is 0 Å².